The van der Waals surface area contributed by atoms with Gasteiger partial charge >= 0.3 is 0 Å². The fourth-order valence-electron chi connectivity index (χ4n) is 4.75. The second-order valence-electron chi connectivity index (χ2n) is 7.03. The Morgan fingerprint density at radius 3 is 2.00 bits per heavy atom. The topological polar surface area (TPSA) is 3.24 Å². The number of rotatable bonds is 7. The maximum atomic E-state index is 2.49. The Hall–Kier alpha value is -1.76. The van der Waals surface area contributed by atoms with E-state index < -0.39 is 0 Å². The third-order valence-corrected chi connectivity index (χ3v) is 5.73. The lowest BCUT2D eigenvalue weighted by atomic mass is 9.71. The summed E-state index contributed by atoms with van der Waals surface area (Å²) in [5, 5.41) is 0. The first-order chi connectivity index (χ1) is 11.7. The van der Waals surface area contributed by atoms with Crippen LogP contribution in [0.1, 0.15) is 64.5 Å². The summed E-state index contributed by atoms with van der Waals surface area (Å²) in [5.74, 6) is 0. The van der Waals surface area contributed by atoms with E-state index in [9.17, 15) is 0 Å². The summed E-state index contributed by atoms with van der Waals surface area (Å²) in [6.45, 7) is 11.3. The first-order valence-corrected chi connectivity index (χ1v) is 9.71. The zero-order chi connectivity index (χ0) is 17.2. The van der Waals surface area contributed by atoms with Gasteiger partial charge in [-0.25, -0.2) is 0 Å². The molecule has 0 amide bonds. The van der Waals surface area contributed by atoms with Gasteiger partial charge in [0.1, 0.15) is 0 Å². The van der Waals surface area contributed by atoms with Crippen LogP contribution in [0.2, 0.25) is 0 Å². The van der Waals surface area contributed by atoms with Crippen molar-refractivity contribution in [3.05, 3.63) is 53.6 Å². The molecule has 0 aromatic heterocycles. The first kappa shape index (κ1) is 17.1. The zero-order valence-electron chi connectivity index (χ0n) is 15.7. The Balaban J connectivity index is 2.22. The second-order valence-corrected chi connectivity index (χ2v) is 7.03. The van der Waals surface area contributed by atoms with Crippen LogP contribution < -0.4 is 4.90 Å². The van der Waals surface area contributed by atoms with Gasteiger partial charge in [0.2, 0.25) is 0 Å². The van der Waals surface area contributed by atoms with E-state index in [-0.39, 0.29) is 5.41 Å². The monoisotopic (exact) mass is 321 g/mol. The molecule has 0 saturated heterocycles. The maximum Gasteiger partial charge on any atom is 0.0369 e. The molecule has 0 unspecified atom stereocenters. The number of hydrogen-bond donors (Lipinski definition) is 0. The molecule has 1 aliphatic carbocycles. The smallest absolute Gasteiger partial charge is 0.0369 e. The molecule has 0 saturated carbocycles. The van der Waals surface area contributed by atoms with Gasteiger partial charge in [0, 0.05) is 24.2 Å². The highest BCUT2D eigenvalue weighted by Crippen LogP contribution is 2.54. The van der Waals surface area contributed by atoms with Crippen molar-refractivity contribution in [1.29, 1.82) is 0 Å². The molecule has 1 heteroatoms. The highest BCUT2D eigenvalue weighted by atomic mass is 15.1. The van der Waals surface area contributed by atoms with Crippen LogP contribution in [0.5, 0.6) is 0 Å². The molecule has 0 radical (unpaired) electrons. The van der Waals surface area contributed by atoms with Crippen molar-refractivity contribution in [3.8, 4) is 11.1 Å². The lowest BCUT2D eigenvalue weighted by Gasteiger charge is -2.33. The zero-order valence-corrected chi connectivity index (χ0v) is 15.7. The van der Waals surface area contributed by atoms with E-state index in [4.69, 9.17) is 0 Å². The van der Waals surface area contributed by atoms with E-state index in [1.54, 1.807) is 11.1 Å². The minimum Gasteiger partial charge on any atom is -0.372 e. The summed E-state index contributed by atoms with van der Waals surface area (Å²) in [5.41, 5.74) is 7.63. The summed E-state index contributed by atoms with van der Waals surface area (Å²) in [6.07, 6.45) is 4.94. The minimum atomic E-state index is 0.207. The third-order valence-electron chi connectivity index (χ3n) is 5.73. The molecule has 0 atom stereocenters. The molecule has 0 heterocycles. The van der Waals surface area contributed by atoms with E-state index in [0.717, 1.165) is 13.1 Å². The van der Waals surface area contributed by atoms with E-state index in [2.05, 4.69) is 75.1 Å². The van der Waals surface area contributed by atoms with Crippen LogP contribution in [0.25, 0.3) is 11.1 Å². The Labute approximate surface area is 147 Å². The molecule has 0 spiro atoms. The van der Waals surface area contributed by atoms with Crippen molar-refractivity contribution in [2.75, 3.05) is 18.0 Å². The van der Waals surface area contributed by atoms with Gasteiger partial charge in [0.25, 0.3) is 0 Å². The average Bonchev–Trinajstić information content (AvgIpc) is 2.87. The van der Waals surface area contributed by atoms with Crippen LogP contribution in [0.15, 0.2) is 42.5 Å². The lowest BCUT2D eigenvalue weighted by molar-refractivity contribution is 0.436. The molecule has 0 aliphatic heterocycles. The quantitative estimate of drug-likeness (QED) is 0.570. The highest BCUT2D eigenvalue weighted by molar-refractivity contribution is 5.82. The van der Waals surface area contributed by atoms with Crippen LogP contribution in [-0.2, 0) is 5.41 Å². The molecule has 0 N–H and O–H groups in total. The minimum absolute atomic E-state index is 0.207. The lowest BCUT2D eigenvalue weighted by Crippen LogP contribution is -2.26. The number of nitrogens with zero attached hydrogens (tertiary/aromatic N) is 1. The van der Waals surface area contributed by atoms with Gasteiger partial charge in [-0.15, -0.1) is 0 Å². The first-order valence-electron chi connectivity index (χ1n) is 9.71. The summed E-state index contributed by atoms with van der Waals surface area (Å²) in [4.78, 5) is 2.46. The fraction of sp³-hybridized carbons (Fsp3) is 0.478. The number of fused-ring (bicyclic) bond motifs is 3. The molecule has 2 aromatic rings. The van der Waals surface area contributed by atoms with Crippen LogP contribution in [0.3, 0.4) is 0 Å². The van der Waals surface area contributed by atoms with Gasteiger partial charge in [0.15, 0.2) is 0 Å². The average molecular weight is 322 g/mol. The molecule has 0 bridgehead atoms. The molecule has 24 heavy (non-hydrogen) atoms. The van der Waals surface area contributed by atoms with Gasteiger partial charge in [0.05, 0.1) is 0 Å². The largest absolute Gasteiger partial charge is 0.372 e. The molecule has 0 fully saturated rings. The van der Waals surface area contributed by atoms with Gasteiger partial charge in [-0.3, -0.25) is 0 Å². The fourth-order valence-corrected chi connectivity index (χ4v) is 4.75. The Kier molecular flexibility index (Phi) is 4.99. The maximum absolute atomic E-state index is 2.49. The standard InChI is InChI=1S/C23H31N/c1-5-15-23(16-6-2)21-12-10-9-11-19(21)20-14-13-18(17-22(20)23)24(7-3)8-4/h9-14,17H,5-8,15-16H2,1-4H3. The molecule has 1 aliphatic rings. The number of benzene rings is 2. The highest BCUT2D eigenvalue weighted by Gasteiger charge is 2.41. The molecule has 3 rings (SSSR count). The molecule has 1 nitrogen and oxygen atoms in total. The Morgan fingerprint density at radius 2 is 1.38 bits per heavy atom. The van der Waals surface area contributed by atoms with E-state index in [0.29, 0.717) is 0 Å². The predicted octanol–water partition coefficient (Wildman–Crippen LogP) is 6.40. The third kappa shape index (κ3) is 2.55. The number of hydrogen-bond acceptors (Lipinski definition) is 1. The van der Waals surface area contributed by atoms with Gasteiger partial charge in [-0.2, -0.15) is 0 Å². The predicted molar refractivity (Wildman–Crippen MR) is 106 cm³/mol. The summed E-state index contributed by atoms with van der Waals surface area (Å²) >= 11 is 0. The second kappa shape index (κ2) is 7.01. The van der Waals surface area contributed by atoms with Crippen LogP contribution in [-0.4, -0.2) is 13.1 Å². The summed E-state index contributed by atoms with van der Waals surface area (Å²) in [7, 11) is 0. The van der Waals surface area contributed by atoms with E-state index in [1.165, 1.54) is 42.5 Å². The molecule has 128 valence electrons. The van der Waals surface area contributed by atoms with Crippen LogP contribution in [0.4, 0.5) is 5.69 Å². The molecular formula is C23H31N. The van der Waals surface area contributed by atoms with Gasteiger partial charge in [-0.05, 0) is 61.1 Å². The molecule has 2 aromatic carbocycles. The SMILES string of the molecule is CCCC1(CCC)c2ccccc2-c2ccc(N(CC)CC)cc21. The normalized spacial score (nSPS) is 14.3. The van der Waals surface area contributed by atoms with Crippen molar-refractivity contribution in [2.45, 2.75) is 58.8 Å². The number of anilines is 1. The summed E-state index contributed by atoms with van der Waals surface area (Å²) in [6, 6.07) is 16.3. The van der Waals surface area contributed by atoms with Gasteiger partial charge in [-0.1, -0.05) is 57.0 Å². The van der Waals surface area contributed by atoms with Gasteiger partial charge < -0.3 is 4.90 Å². The van der Waals surface area contributed by atoms with Crippen LogP contribution in [0, 0.1) is 0 Å². The van der Waals surface area contributed by atoms with Crippen molar-refractivity contribution in [3.63, 3.8) is 0 Å². The van der Waals surface area contributed by atoms with Crippen molar-refractivity contribution < 1.29 is 0 Å². The van der Waals surface area contributed by atoms with Crippen molar-refractivity contribution >= 4 is 5.69 Å². The molecular weight excluding hydrogens is 290 g/mol. The van der Waals surface area contributed by atoms with Crippen molar-refractivity contribution in [1.82, 2.24) is 0 Å². The Bertz CT molecular complexity index is 691. The Morgan fingerprint density at radius 1 is 0.750 bits per heavy atom. The van der Waals surface area contributed by atoms with E-state index in [1.807, 2.05) is 0 Å². The van der Waals surface area contributed by atoms with Crippen molar-refractivity contribution in [2.24, 2.45) is 0 Å². The summed E-state index contributed by atoms with van der Waals surface area (Å²) < 4.78 is 0. The van der Waals surface area contributed by atoms with E-state index >= 15 is 0 Å². The van der Waals surface area contributed by atoms with Crippen LogP contribution >= 0.6 is 0 Å².